The van der Waals surface area contributed by atoms with Gasteiger partial charge in [-0.1, -0.05) is 30.3 Å². The van der Waals surface area contributed by atoms with Crippen LogP contribution in [0.15, 0.2) is 54.6 Å². The Morgan fingerprint density at radius 3 is 2.30 bits per heavy atom. The first-order valence-electron chi connectivity index (χ1n) is 9.27. The maximum atomic E-state index is 12.3. The van der Waals surface area contributed by atoms with Gasteiger partial charge in [0.25, 0.3) is 5.91 Å². The molecule has 0 aliphatic heterocycles. The fourth-order valence-corrected chi connectivity index (χ4v) is 2.60. The van der Waals surface area contributed by atoms with Gasteiger partial charge >= 0.3 is 5.97 Å². The molecule has 0 saturated carbocycles. The van der Waals surface area contributed by atoms with Crippen molar-refractivity contribution in [3.05, 3.63) is 65.7 Å². The van der Waals surface area contributed by atoms with Crippen molar-refractivity contribution in [1.29, 1.82) is 0 Å². The van der Waals surface area contributed by atoms with Gasteiger partial charge in [0, 0.05) is 6.04 Å². The van der Waals surface area contributed by atoms with Gasteiger partial charge in [0.2, 0.25) is 0 Å². The van der Waals surface area contributed by atoms with E-state index in [0.29, 0.717) is 17.9 Å². The third-order valence-electron chi connectivity index (χ3n) is 4.15. The summed E-state index contributed by atoms with van der Waals surface area (Å²) in [6.07, 6.45) is 1.14. The highest BCUT2D eigenvalue weighted by atomic mass is 16.5. The Labute approximate surface area is 160 Å². The minimum Gasteiger partial charge on any atom is -0.481 e. The normalized spacial score (nSPS) is 12.7. The molecule has 0 fully saturated rings. The van der Waals surface area contributed by atoms with Crippen molar-refractivity contribution in [2.24, 2.45) is 0 Å². The summed E-state index contributed by atoms with van der Waals surface area (Å²) in [5.74, 6) is -0.00486. The highest BCUT2D eigenvalue weighted by Crippen LogP contribution is 2.15. The van der Waals surface area contributed by atoms with Gasteiger partial charge in [-0.3, -0.25) is 4.79 Å². The second-order valence-electron chi connectivity index (χ2n) is 6.44. The van der Waals surface area contributed by atoms with Gasteiger partial charge in [0.1, 0.15) is 5.75 Å². The lowest BCUT2D eigenvalue weighted by molar-refractivity contribution is -0.127. The monoisotopic (exact) mass is 369 g/mol. The molecule has 2 aromatic carbocycles. The van der Waals surface area contributed by atoms with E-state index < -0.39 is 6.10 Å². The van der Waals surface area contributed by atoms with Crippen LogP contribution in [0.3, 0.4) is 0 Å². The van der Waals surface area contributed by atoms with Crippen LogP contribution in [-0.2, 0) is 16.0 Å². The van der Waals surface area contributed by atoms with Gasteiger partial charge < -0.3 is 14.8 Å². The Hall–Kier alpha value is -2.82. The summed E-state index contributed by atoms with van der Waals surface area (Å²) in [4.78, 5) is 24.0. The van der Waals surface area contributed by atoms with Gasteiger partial charge in [-0.25, -0.2) is 4.79 Å². The van der Waals surface area contributed by atoms with Crippen molar-refractivity contribution >= 4 is 11.9 Å². The molecule has 0 aliphatic carbocycles. The molecule has 144 valence electrons. The van der Waals surface area contributed by atoms with Crippen LogP contribution in [0.2, 0.25) is 0 Å². The Balaban J connectivity index is 1.79. The highest BCUT2D eigenvalue weighted by molar-refractivity contribution is 5.89. The number of carbonyl (C=O) groups excluding carboxylic acids is 2. The number of nitrogens with one attached hydrogen (secondary N) is 1. The summed E-state index contributed by atoms with van der Waals surface area (Å²) in [6, 6.07) is 16.8. The largest absolute Gasteiger partial charge is 0.481 e. The molecule has 2 atom stereocenters. The zero-order valence-electron chi connectivity index (χ0n) is 16.1. The number of rotatable bonds is 9. The Morgan fingerprint density at radius 2 is 1.67 bits per heavy atom. The van der Waals surface area contributed by atoms with Crippen LogP contribution in [0.4, 0.5) is 0 Å². The van der Waals surface area contributed by atoms with E-state index in [9.17, 15) is 9.59 Å². The minimum atomic E-state index is -0.627. The molecule has 2 rings (SSSR count). The van der Waals surface area contributed by atoms with E-state index in [-0.39, 0.29) is 17.9 Å². The van der Waals surface area contributed by atoms with E-state index in [1.165, 1.54) is 5.56 Å². The lowest BCUT2D eigenvalue weighted by Gasteiger charge is -2.19. The topological polar surface area (TPSA) is 64.6 Å². The molecule has 0 spiro atoms. The summed E-state index contributed by atoms with van der Waals surface area (Å²) in [7, 11) is 0. The zero-order chi connectivity index (χ0) is 19.6. The fraction of sp³-hybridized carbons (Fsp3) is 0.364. The van der Waals surface area contributed by atoms with Crippen LogP contribution in [0.1, 0.15) is 43.1 Å². The number of benzene rings is 2. The van der Waals surface area contributed by atoms with Crippen LogP contribution in [0.25, 0.3) is 0 Å². The maximum Gasteiger partial charge on any atom is 0.338 e. The molecule has 0 aromatic heterocycles. The summed E-state index contributed by atoms with van der Waals surface area (Å²) < 4.78 is 10.6. The number of aryl methyl sites for hydroxylation is 1. The van der Waals surface area contributed by atoms with Crippen molar-refractivity contribution < 1.29 is 19.1 Å². The number of carbonyl (C=O) groups is 2. The lowest BCUT2D eigenvalue weighted by Crippen LogP contribution is -2.41. The standard InChI is InChI=1S/C22H27NO4/c1-4-26-22(25)19-12-14-20(15-13-19)27-17(3)21(24)23-16(2)10-11-18-8-6-5-7-9-18/h5-9,12-17H,4,10-11H2,1-3H3,(H,23,24)/t16-,17+/m0/s1. The summed E-state index contributed by atoms with van der Waals surface area (Å²) in [5.41, 5.74) is 1.71. The molecule has 5 heteroatoms. The first-order chi connectivity index (χ1) is 13.0. The molecule has 0 unspecified atom stereocenters. The number of hydrogen-bond acceptors (Lipinski definition) is 4. The smallest absolute Gasteiger partial charge is 0.338 e. The van der Waals surface area contributed by atoms with E-state index in [4.69, 9.17) is 9.47 Å². The Kier molecular flexibility index (Phi) is 7.86. The van der Waals surface area contributed by atoms with Crippen molar-refractivity contribution in [1.82, 2.24) is 5.32 Å². The quantitative estimate of drug-likeness (QED) is 0.684. The zero-order valence-corrected chi connectivity index (χ0v) is 16.1. The summed E-state index contributed by atoms with van der Waals surface area (Å²) >= 11 is 0. The van der Waals surface area contributed by atoms with Gasteiger partial charge in [-0.05, 0) is 63.4 Å². The van der Waals surface area contributed by atoms with Crippen molar-refractivity contribution in [2.75, 3.05) is 6.61 Å². The molecule has 0 saturated heterocycles. The van der Waals surface area contributed by atoms with E-state index in [0.717, 1.165) is 12.8 Å². The number of amides is 1. The molecule has 2 aromatic rings. The summed E-state index contributed by atoms with van der Waals surface area (Å²) in [5, 5.41) is 2.98. The average Bonchev–Trinajstić information content (AvgIpc) is 2.68. The SMILES string of the molecule is CCOC(=O)c1ccc(O[C@H](C)C(=O)N[C@@H](C)CCc2ccccc2)cc1. The molecule has 0 bridgehead atoms. The predicted octanol–water partition coefficient (Wildman–Crippen LogP) is 3.77. The van der Waals surface area contributed by atoms with Crippen molar-refractivity contribution in [3.8, 4) is 5.75 Å². The second kappa shape index (κ2) is 10.4. The molecule has 0 aliphatic rings. The molecule has 5 nitrogen and oxygen atoms in total. The van der Waals surface area contributed by atoms with Crippen LogP contribution < -0.4 is 10.1 Å². The van der Waals surface area contributed by atoms with Crippen LogP contribution in [0, 0.1) is 0 Å². The number of ether oxygens (including phenoxy) is 2. The van der Waals surface area contributed by atoms with Gasteiger partial charge in [-0.15, -0.1) is 0 Å². The first-order valence-corrected chi connectivity index (χ1v) is 9.27. The molecule has 1 amide bonds. The van der Waals surface area contributed by atoms with E-state index in [1.807, 2.05) is 25.1 Å². The van der Waals surface area contributed by atoms with Crippen molar-refractivity contribution in [3.63, 3.8) is 0 Å². The minimum absolute atomic E-state index is 0.0509. The third kappa shape index (κ3) is 6.77. The highest BCUT2D eigenvalue weighted by Gasteiger charge is 2.17. The number of esters is 1. The average molecular weight is 369 g/mol. The van der Waals surface area contributed by atoms with Crippen LogP contribution >= 0.6 is 0 Å². The second-order valence-corrected chi connectivity index (χ2v) is 6.44. The predicted molar refractivity (Wildman–Crippen MR) is 105 cm³/mol. The Morgan fingerprint density at radius 1 is 1.00 bits per heavy atom. The Bertz CT molecular complexity index is 728. The van der Waals surface area contributed by atoms with Crippen LogP contribution in [-0.4, -0.2) is 30.6 Å². The van der Waals surface area contributed by atoms with Crippen LogP contribution in [0.5, 0.6) is 5.75 Å². The molecular weight excluding hydrogens is 342 g/mol. The molecule has 27 heavy (non-hydrogen) atoms. The molecule has 1 N–H and O–H groups in total. The fourth-order valence-electron chi connectivity index (χ4n) is 2.60. The van der Waals surface area contributed by atoms with Gasteiger partial charge in [0.05, 0.1) is 12.2 Å². The number of hydrogen-bond donors (Lipinski definition) is 1. The van der Waals surface area contributed by atoms with Crippen molar-refractivity contribution in [2.45, 2.75) is 45.8 Å². The summed E-state index contributed by atoms with van der Waals surface area (Å²) in [6.45, 7) is 5.79. The first kappa shape index (κ1) is 20.5. The lowest BCUT2D eigenvalue weighted by atomic mass is 10.1. The molecule has 0 radical (unpaired) electrons. The van der Waals surface area contributed by atoms with Gasteiger partial charge in [-0.2, -0.15) is 0 Å². The van der Waals surface area contributed by atoms with E-state index in [2.05, 4.69) is 17.4 Å². The maximum absolute atomic E-state index is 12.3. The van der Waals surface area contributed by atoms with E-state index >= 15 is 0 Å². The van der Waals surface area contributed by atoms with E-state index in [1.54, 1.807) is 38.1 Å². The van der Waals surface area contributed by atoms with Gasteiger partial charge in [0.15, 0.2) is 6.10 Å². The molecular formula is C22H27NO4. The molecule has 0 heterocycles. The third-order valence-corrected chi connectivity index (χ3v) is 4.15.